The normalized spacial score (nSPS) is 11.0. The number of hydrogen-bond donors (Lipinski definition) is 2. The topological polar surface area (TPSA) is 88.0 Å². The van der Waals surface area contributed by atoms with Gasteiger partial charge in [-0.15, -0.1) is 0 Å². The second-order valence-corrected chi connectivity index (χ2v) is 6.62. The number of carbonyl (C=O) groups is 1. The number of benzene rings is 3. The molecule has 2 heterocycles. The van der Waals surface area contributed by atoms with Crippen LogP contribution >= 0.6 is 0 Å². The number of hydrogen-bond acceptors (Lipinski definition) is 4. The number of fused-ring (bicyclic) bond motifs is 2. The van der Waals surface area contributed by atoms with Crippen molar-refractivity contribution in [3.63, 3.8) is 0 Å². The van der Waals surface area contributed by atoms with Gasteiger partial charge in [-0.3, -0.25) is 4.79 Å². The van der Waals surface area contributed by atoms with Crippen molar-refractivity contribution in [3.8, 4) is 11.4 Å². The van der Waals surface area contributed by atoms with Gasteiger partial charge >= 0.3 is 5.63 Å². The molecule has 5 aromatic rings. The number of amides is 1. The molecule has 0 bridgehead atoms. The molecule has 3 aromatic carbocycles. The van der Waals surface area contributed by atoms with Gasteiger partial charge in [0.15, 0.2) is 0 Å². The monoisotopic (exact) mass is 381 g/mol. The van der Waals surface area contributed by atoms with Crippen LogP contribution in [0.15, 0.2) is 88.1 Å². The Hall–Kier alpha value is -4.19. The molecule has 1 amide bonds. The number of anilines is 1. The summed E-state index contributed by atoms with van der Waals surface area (Å²) >= 11 is 0. The molecule has 0 radical (unpaired) electrons. The van der Waals surface area contributed by atoms with Crippen LogP contribution in [0.5, 0.6) is 0 Å². The van der Waals surface area contributed by atoms with E-state index in [1.807, 2.05) is 42.5 Å². The Balaban J connectivity index is 1.40. The maximum absolute atomic E-state index is 12.6. The number of aromatic nitrogens is 2. The van der Waals surface area contributed by atoms with E-state index < -0.39 is 11.5 Å². The van der Waals surface area contributed by atoms with Gasteiger partial charge < -0.3 is 14.7 Å². The third-order valence-corrected chi connectivity index (χ3v) is 4.69. The Morgan fingerprint density at radius 1 is 0.931 bits per heavy atom. The average Bonchev–Trinajstić information content (AvgIpc) is 3.18. The zero-order valence-corrected chi connectivity index (χ0v) is 15.2. The molecule has 0 aliphatic heterocycles. The number of rotatable bonds is 3. The van der Waals surface area contributed by atoms with Crippen LogP contribution in [0.25, 0.3) is 33.4 Å². The smallest absolute Gasteiger partial charge is 0.349 e. The van der Waals surface area contributed by atoms with E-state index in [9.17, 15) is 9.59 Å². The van der Waals surface area contributed by atoms with Crippen molar-refractivity contribution in [2.45, 2.75) is 0 Å². The SMILES string of the molecule is O=C(Nc1ccc(-c2nc3ccccc3[nH]2)cc1)c1cc2ccccc2oc1=O. The van der Waals surface area contributed by atoms with Gasteiger partial charge in [-0.25, -0.2) is 9.78 Å². The first kappa shape index (κ1) is 16.9. The quantitative estimate of drug-likeness (QED) is 0.448. The number of para-hydroxylation sites is 3. The van der Waals surface area contributed by atoms with Crippen LogP contribution in [0.1, 0.15) is 10.4 Å². The summed E-state index contributed by atoms with van der Waals surface area (Å²) < 4.78 is 5.23. The van der Waals surface area contributed by atoms with Gasteiger partial charge in [0.25, 0.3) is 5.91 Å². The van der Waals surface area contributed by atoms with E-state index in [1.54, 1.807) is 36.4 Å². The molecule has 6 nitrogen and oxygen atoms in total. The summed E-state index contributed by atoms with van der Waals surface area (Å²) in [7, 11) is 0. The minimum absolute atomic E-state index is 0.0370. The molecule has 0 atom stereocenters. The summed E-state index contributed by atoms with van der Waals surface area (Å²) in [5, 5.41) is 3.43. The van der Waals surface area contributed by atoms with E-state index in [2.05, 4.69) is 15.3 Å². The molecule has 5 rings (SSSR count). The van der Waals surface area contributed by atoms with Crippen LogP contribution in [0.4, 0.5) is 5.69 Å². The van der Waals surface area contributed by atoms with E-state index in [0.717, 1.165) is 22.4 Å². The highest BCUT2D eigenvalue weighted by molar-refractivity contribution is 6.05. The van der Waals surface area contributed by atoms with Crippen molar-refractivity contribution in [2.24, 2.45) is 0 Å². The summed E-state index contributed by atoms with van der Waals surface area (Å²) in [6, 6.07) is 23.7. The maximum atomic E-state index is 12.6. The first-order valence-corrected chi connectivity index (χ1v) is 9.07. The van der Waals surface area contributed by atoms with E-state index in [-0.39, 0.29) is 5.56 Å². The zero-order valence-electron chi connectivity index (χ0n) is 15.2. The Morgan fingerprint density at radius 2 is 1.69 bits per heavy atom. The number of nitrogens with one attached hydrogen (secondary N) is 2. The molecule has 2 aromatic heterocycles. The molecule has 0 aliphatic carbocycles. The summed E-state index contributed by atoms with van der Waals surface area (Å²) in [4.78, 5) is 32.5. The lowest BCUT2D eigenvalue weighted by atomic mass is 10.1. The molecule has 6 heteroatoms. The average molecular weight is 381 g/mol. The Bertz CT molecular complexity index is 1380. The van der Waals surface area contributed by atoms with Gasteiger partial charge in [0.2, 0.25) is 0 Å². The lowest BCUT2D eigenvalue weighted by Crippen LogP contribution is -2.20. The number of H-pyrrole nitrogens is 1. The largest absolute Gasteiger partial charge is 0.422 e. The van der Waals surface area contributed by atoms with Crippen molar-refractivity contribution in [1.29, 1.82) is 0 Å². The number of carbonyl (C=O) groups excluding carboxylic acids is 1. The van der Waals surface area contributed by atoms with Gasteiger partial charge in [0, 0.05) is 16.6 Å². The minimum Gasteiger partial charge on any atom is -0.422 e. The number of imidazole rings is 1. The number of nitrogens with zero attached hydrogens (tertiary/aromatic N) is 1. The fourth-order valence-electron chi connectivity index (χ4n) is 3.22. The van der Waals surface area contributed by atoms with Crippen LogP contribution in [0.3, 0.4) is 0 Å². The molecule has 140 valence electrons. The Kier molecular flexibility index (Phi) is 3.95. The minimum atomic E-state index is -0.667. The standard InChI is InChI=1S/C23H15N3O3/c27-22(17-13-15-5-1-4-8-20(15)29-23(17)28)24-16-11-9-14(10-12-16)21-25-18-6-2-3-7-19(18)26-21/h1-13H,(H,24,27)(H,25,26). The molecule has 0 saturated carbocycles. The molecule has 0 spiro atoms. The van der Waals surface area contributed by atoms with Crippen LogP contribution in [0, 0.1) is 0 Å². The molecule has 0 unspecified atom stereocenters. The van der Waals surface area contributed by atoms with Crippen molar-refractivity contribution in [1.82, 2.24) is 9.97 Å². The van der Waals surface area contributed by atoms with E-state index in [1.165, 1.54) is 0 Å². The third kappa shape index (κ3) is 3.17. The Morgan fingerprint density at radius 3 is 2.52 bits per heavy atom. The summed E-state index contributed by atoms with van der Waals surface area (Å²) in [6.07, 6.45) is 0. The highest BCUT2D eigenvalue weighted by Crippen LogP contribution is 2.22. The fraction of sp³-hybridized carbons (Fsp3) is 0. The molecule has 0 saturated heterocycles. The second kappa shape index (κ2) is 6.76. The number of aromatic amines is 1. The highest BCUT2D eigenvalue weighted by Gasteiger charge is 2.14. The molecule has 2 N–H and O–H groups in total. The lowest BCUT2D eigenvalue weighted by molar-refractivity contribution is 0.102. The van der Waals surface area contributed by atoms with Crippen LogP contribution in [-0.2, 0) is 0 Å². The lowest BCUT2D eigenvalue weighted by Gasteiger charge is -2.06. The molecule has 0 aliphatic rings. The summed E-state index contributed by atoms with van der Waals surface area (Å²) in [5.41, 5.74) is 3.06. The van der Waals surface area contributed by atoms with Gasteiger partial charge in [0.05, 0.1) is 11.0 Å². The maximum Gasteiger partial charge on any atom is 0.349 e. The van der Waals surface area contributed by atoms with Gasteiger partial charge in [-0.2, -0.15) is 0 Å². The highest BCUT2D eigenvalue weighted by atomic mass is 16.4. The van der Waals surface area contributed by atoms with Crippen LogP contribution in [0.2, 0.25) is 0 Å². The first-order valence-electron chi connectivity index (χ1n) is 9.07. The summed E-state index contributed by atoms with van der Waals surface area (Å²) in [5.74, 6) is 0.236. The molecule has 0 fully saturated rings. The van der Waals surface area contributed by atoms with Crippen LogP contribution < -0.4 is 10.9 Å². The van der Waals surface area contributed by atoms with E-state index in [0.29, 0.717) is 16.7 Å². The van der Waals surface area contributed by atoms with E-state index in [4.69, 9.17) is 4.42 Å². The first-order chi connectivity index (χ1) is 14.2. The van der Waals surface area contributed by atoms with Crippen molar-refractivity contribution in [3.05, 3.63) is 94.8 Å². The Labute approximate surface area is 164 Å². The third-order valence-electron chi connectivity index (χ3n) is 4.69. The second-order valence-electron chi connectivity index (χ2n) is 6.62. The van der Waals surface area contributed by atoms with Gasteiger partial charge in [0.1, 0.15) is 17.0 Å². The summed E-state index contributed by atoms with van der Waals surface area (Å²) in [6.45, 7) is 0. The molecule has 29 heavy (non-hydrogen) atoms. The van der Waals surface area contributed by atoms with Crippen molar-refractivity contribution in [2.75, 3.05) is 5.32 Å². The predicted molar refractivity (Wildman–Crippen MR) is 112 cm³/mol. The fourth-order valence-corrected chi connectivity index (χ4v) is 3.22. The molecular weight excluding hydrogens is 366 g/mol. The van der Waals surface area contributed by atoms with Gasteiger partial charge in [-0.05, 0) is 48.5 Å². The zero-order chi connectivity index (χ0) is 19.8. The van der Waals surface area contributed by atoms with E-state index >= 15 is 0 Å². The van der Waals surface area contributed by atoms with Crippen molar-refractivity contribution >= 4 is 33.6 Å². The van der Waals surface area contributed by atoms with Crippen LogP contribution in [-0.4, -0.2) is 15.9 Å². The van der Waals surface area contributed by atoms with Gasteiger partial charge in [-0.1, -0.05) is 30.3 Å². The molecular formula is C23H15N3O3. The van der Waals surface area contributed by atoms with Crippen molar-refractivity contribution < 1.29 is 9.21 Å². The predicted octanol–water partition coefficient (Wildman–Crippen LogP) is 4.59.